The molecular weight excluding hydrogens is 266 g/mol. The Morgan fingerprint density at radius 2 is 2.20 bits per heavy atom. The highest BCUT2D eigenvalue weighted by molar-refractivity contribution is 5.96. The van der Waals surface area contributed by atoms with Crippen molar-refractivity contribution < 1.29 is 19.2 Å². The van der Waals surface area contributed by atoms with E-state index >= 15 is 0 Å². The number of nitrogens with zero attached hydrogens (tertiary/aromatic N) is 1. The van der Waals surface area contributed by atoms with Gasteiger partial charge in [-0.3, -0.25) is 14.9 Å². The Morgan fingerprint density at radius 1 is 1.50 bits per heavy atom. The number of terminal acetylenes is 1. The molecule has 3 N–H and O–H groups in total. The molecule has 1 aromatic carbocycles. The van der Waals surface area contributed by atoms with Crippen molar-refractivity contribution in [1.29, 1.82) is 0 Å². The van der Waals surface area contributed by atoms with Gasteiger partial charge < -0.3 is 15.8 Å². The van der Waals surface area contributed by atoms with Crippen LogP contribution in [0.2, 0.25) is 0 Å². The zero-order valence-corrected chi connectivity index (χ0v) is 10.3. The summed E-state index contributed by atoms with van der Waals surface area (Å²) in [5, 5.41) is 12.8. The first-order valence-corrected chi connectivity index (χ1v) is 5.37. The largest absolute Gasteiger partial charge is 0.452 e. The van der Waals surface area contributed by atoms with Crippen LogP contribution in [0.5, 0.6) is 0 Å². The Morgan fingerprint density at radius 3 is 2.75 bits per heavy atom. The number of carbonyl (C=O) groups is 2. The van der Waals surface area contributed by atoms with Gasteiger partial charge >= 0.3 is 5.97 Å². The van der Waals surface area contributed by atoms with E-state index in [0.717, 1.165) is 18.2 Å². The molecule has 104 valence electrons. The lowest BCUT2D eigenvalue weighted by Gasteiger charge is -2.06. The maximum absolute atomic E-state index is 11.6. The predicted octanol–water partition coefficient (Wildman–Crippen LogP) is 0.0832. The van der Waals surface area contributed by atoms with Crippen molar-refractivity contribution in [3.05, 3.63) is 33.9 Å². The normalized spacial score (nSPS) is 9.35. The fraction of sp³-hybridized carbons (Fsp3) is 0.167. The number of ether oxygens (including phenoxy) is 1. The number of rotatable bonds is 5. The summed E-state index contributed by atoms with van der Waals surface area (Å²) in [6.45, 7) is -0.493. The molecule has 0 saturated carbocycles. The van der Waals surface area contributed by atoms with Gasteiger partial charge in [-0.1, -0.05) is 5.92 Å². The second-order valence-electron chi connectivity index (χ2n) is 3.59. The first kappa shape index (κ1) is 15.0. The number of esters is 1. The van der Waals surface area contributed by atoms with Gasteiger partial charge in [-0.05, 0) is 6.07 Å². The highest BCUT2D eigenvalue weighted by Crippen LogP contribution is 2.20. The Kier molecular flexibility index (Phi) is 5.05. The van der Waals surface area contributed by atoms with Crippen molar-refractivity contribution in [2.75, 3.05) is 18.9 Å². The lowest BCUT2D eigenvalue weighted by atomic mass is 10.1. The average Bonchev–Trinajstić information content (AvgIpc) is 2.42. The molecule has 0 aromatic heterocycles. The van der Waals surface area contributed by atoms with E-state index < -0.39 is 23.4 Å². The molecule has 0 spiro atoms. The molecule has 1 amide bonds. The van der Waals surface area contributed by atoms with Gasteiger partial charge in [-0.25, -0.2) is 4.79 Å². The third-order valence-corrected chi connectivity index (χ3v) is 2.19. The summed E-state index contributed by atoms with van der Waals surface area (Å²) in [7, 11) is 0. The topological polar surface area (TPSA) is 125 Å². The minimum Gasteiger partial charge on any atom is -0.452 e. The van der Waals surface area contributed by atoms with Crippen LogP contribution in [0.15, 0.2) is 18.2 Å². The fourth-order valence-corrected chi connectivity index (χ4v) is 1.26. The van der Waals surface area contributed by atoms with E-state index in [4.69, 9.17) is 16.9 Å². The molecule has 0 bridgehead atoms. The molecular formula is C12H11N3O5. The minimum atomic E-state index is -0.853. The molecule has 0 saturated heterocycles. The van der Waals surface area contributed by atoms with Gasteiger partial charge in [0.25, 0.3) is 11.6 Å². The first-order chi connectivity index (χ1) is 9.45. The van der Waals surface area contributed by atoms with Gasteiger partial charge in [0.15, 0.2) is 6.61 Å². The number of hydrogen-bond acceptors (Lipinski definition) is 6. The maximum atomic E-state index is 11.6. The monoisotopic (exact) mass is 277 g/mol. The smallest absolute Gasteiger partial charge is 0.340 e. The molecule has 0 atom stereocenters. The van der Waals surface area contributed by atoms with Crippen LogP contribution in [-0.4, -0.2) is 30.0 Å². The molecule has 0 fully saturated rings. The van der Waals surface area contributed by atoms with Crippen molar-refractivity contribution >= 4 is 23.3 Å². The quantitative estimate of drug-likeness (QED) is 0.258. The van der Waals surface area contributed by atoms with Gasteiger partial charge in [0, 0.05) is 12.1 Å². The third-order valence-electron chi connectivity index (χ3n) is 2.19. The number of nitro groups is 1. The van der Waals surface area contributed by atoms with E-state index in [2.05, 4.69) is 11.2 Å². The van der Waals surface area contributed by atoms with E-state index in [-0.39, 0.29) is 23.5 Å². The van der Waals surface area contributed by atoms with Gasteiger partial charge in [0.05, 0.1) is 22.7 Å². The van der Waals surface area contributed by atoms with Crippen LogP contribution < -0.4 is 11.1 Å². The number of nitrogens with two attached hydrogens (primary N) is 1. The molecule has 8 nitrogen and oxygen atoms in total. The lowest BCUT2D eigenvalue weighted by Crippen LogP contribution is -2.29. The lowest BCUT2D eigenvalue weighted by molar-refractivity contribution is -0.384. The average molecular weight is 277 g/mol. The highest BCUT2D eigenvalue weighted by Gasteiger charge is 2.16. The molecule has 0 unspecified atom stereocenters. The SMILES string of the molecule is C#CCNC(=O)COC(=O)c1ccc([N+](=O)[O-])cc1N. The van der Waals surface area contributed by atoms with Crippen molar-refractivity contribution in [2.24, 2.45) is 0 Å². The molecule has 0 heterocycles. The highest BCUT2D eigenvalue weighted by atomic mass is 16.6. The van der Waals surface area contributed by atoms with Gasteiger partial charge in [0.1, 0.15) is 0 Å². The van der Waals surface area contributed by atoms with Crippen molar-refractivity contribution in [3.8, 4) is 12.3 Å². The standard InChI is InChI=1S/C12H11N3O5/c1-2-5-14-11(16)7-20-12(17)9-4-3-8(15(18)19)6-10(9)13/h1,3-4,6H,5,7,13H2,(H,14,16). The van der Waals surface area contributed by atoms with Crippen LogP contribution in [0.3, 0.4) is 0 Å². The van der Waals surface area contributed by atoms with E-state index in [0.29, 0.717) is 0 Å². The number of anilines is 1. The van der Waals surface area contributed by atoms with Crippen LogP contribution in [0.4, 0.5) is 11.4 Å². The first-order valence-electron chi connectivity index (χ1n) is 5.37. The van der Waals surface area contributed by atoms with Crippen molar-refractivity contribution in [1.82, 2.24) is 5.32 Å². The van der Waals surface area contributed by atoms with E-state index in [1.54, 1.807) is 0 Å². The molecule has 20 heavy (non-hydrogen) atoms. The number of nitrogen functional groups attached to an aromatic ring is 1. The Hall–Kier alpha value is -3.08. The summed E-state index contributed by atoms with van der Waals surface area (Å²) in [5.74, 6) is 0.776. The number of carbonyl (C=O) groups excluding carboxylic acids is 2. The van der Waals surface area contributed by atoms with E-state index in [1.165, 1.54) is 0 Å². The van der Waals surface area contributed by atoms with E-state index in [1.807, 2.05) is 0 Å². The zero-order chi connectivity index (χ0) is 15.1. The summed E-state index contributed by atoms with van der Waals surface area (Å²) >= 11 is 0. The van der Waals surface area contributed by atoms with E-state index in [9.17, 15) is 19.7 Å². The van der Waals surface area contributed by atoms with Gasteiger partial charge in [-0.2, -0.15) is 0 Å². The number of benzene rings is 1. The maximum Gasteiger partial charge on any atom is 0.340 e. The van der Waals surface area contributed by atoms with Gasteiger partial charge in [-0.15, -0.1) is 6.42 Å². The summed E-state index contributed by atoms with van der Waals surface area (Å²) in [4.78, 5) is 32.7. The summed E-state index contributed by atoms with van der Waals surface area (Å²) in [5.41, 5.74) is 5.11. The van der Waals surface area contributed by atoms with Crippen LogP contribution >= 0.6 is 0 Å². The molecule has 8 heteroatoms. The summed E-state index contributed by atoms with van der Waals surface area (Å²) in [6, 6.07) is 3.31. The number of amides is 1. The minimum absolute atomic E-state index is 0.0239. The zero-order valence-electron chi connectivity index (χ0n) is 10.3. The Balaban J connectivity index is 2.67. The number of nitrogens with one attached hydrogen (secondary N) is 1. The van der Waals surface area contributed by atoms with Crippen LogP contribution in [0.25, 0.3) is 0 Å². The summed E-state index contributed by atoms with van der Waals surface area (Å²) < 4.78 is 4.70. The predicted molar refractivity (Wildman–Crippen MR) is 69.6 cm³/mol. The molecule has 0 aliphatic heterocycles. The van der Waals surface area contributed by atoms with Crippen LogP contribution in [-0.2, 0) is 9.53 Å². The van der Waals surface area contributed by atoms with Gasteiger partial charge in [0.2, 0.25) is 0 Å². The number of hydrogen-bond donors (Lipinski definition) is 2. The second kappa shape index (κ2) is 6.75. The fourth-order valence-electron chi connectivity index (χ4n) is 1.26. The Labute approximate surface area is 114 Å². The number of nitro benzene ring substituents is 1. The van der Waals surface area contributed by atoms with Crippen molar-refractivity contribution in [2.45, 2.75) is 0 Å². The van der Waals surface area contributed by atoms with Crippen LogP contribution in [0.1, 0.15) is 10.4 Å². The molecule has 0 radical (unpaired) electrons. The Bertz CT molecular complexity index is 591. The molecule has 1 aromatic rings. The molecule has 1 rings (SSSR count). The third kappa shape index (κ3) is 3.99. The second-order valence-corrected chi connectivity index (χ2v) is 3.59. The summed E-state index contributed by atoms with van der Waals surface area (Å²) in [6.07, 6.45) is 4.94. The number of non-ortho nitro benzene ring substituents is 1. The van der Waals surface area contributed by atoms with Crippen molar-refractivity contribution in [3.63, 3.8) is 0 Å². The van der Waals surface area contributed by atoms with Crippen LogP contribution in [0, 0.1) is 22.5 Å². The molecule has 0 aliphatic rings. The molecule has 0 aliphatic carbocycles.